The minimum absolute atomic E-state index is 0.143. The molecule has 1 heterocycles. The highest BCUT2D eigenvalue weighted by Crippen LogP contribution is 2.24. The van der Waals surface area contributed by atoms with Crippen LogP contribution < -0.4 is 5.32 Å². The van der Waals surface area contributed by atoms with Crippen molar-refractivity contribution in [3.8, 4) is 0 Å². The van der Waals surface area contributed by atoms with Gasteiger partial charge < -0.3 is 5.32 Å². The van der Waals surface area contributed by atoms with Crippen LogP contribution in [0.2, 0.25) is 0 Å². The predicted octanol–water partition coefficient (Wildman–Crippen LogP) is 4.13. The molecule has 0 aromatic heterocycles. The van der Waals surface area contributed by atoms with Crippen molar-refractivity contribution in [1.29, 1.82) is 0 Å². The molecule has 0 bridgehead atoms. The lowest BCUT2D eigenvalue weighted by Crippen LogP contribution is -2.36. The fourth-order valence-electron chi connectivity index (χ4n) is 3.68. The largest absolute Gasteiger partial charge is 0.354 e. The van der Waals surface area contributed by atoms with Gasteiger partial charge in [-0.15, -0.1) is 0 Å². The molecule has 3 nitrogen and oxygen atoms in total. The molecule has 138 valence electrons. The fourth-order valence-corrected chi connectivity index (χ4v) is 3.68. The molecule has 1 saturated heterocycles. The molecular weight excluding hydrogens is 320 g/mol. The first kappa shape index (κ1) is 18.7. The number of benzene rings is 2. The number of hydrogen-bond donors (Lipinski definition) is 1. The zero-order valence-corrected chi connectivity index (χ0v) is 15.8. The van der Waals surface area contributed by atoms with E-state index in [0.717, 1.165) is 25.9 Å². The number of carbonyl (C=O) groups is 1. The summed E-state index contributed by atoms with van der Waals surface area (Å²) in [5.74, 6) is 0.143. The second-order valence-corrected chi connectivity index (χ2v) is 7.14. The monoisotopic (exact) mass is 350 g/mol. The van der Waals surface area contributed by atoms with Gasteiger partial charge in [0.1, 0.15) is 0 Å². The van der Waals surface area contributed by atoms with E-state index in [-0.39, 0.29) is 11.9 Å². The van der Waals surface area contributed by atoms with E-state index in [0.29, 0.717) is 13.0 Å². The maximum absolute atomic E-state index is 12.4. The Bertz CT molecular complexity index is 675. The van der Waals surface area contributed by atoms with Gasteiger partial charge in [-0.25, -0.2) is 0 Å². The first-order chi connectivity index (χ1) is 12.8. The van der Waals surface area contributed by atoms with Crippen LogP contribution in [0.25, 0.3) is 0 Å². The van der Waals surface area contributed by atoms with Gasteiger partial charge in [0.25, 0.3) is 0 Å². The van der Waals surface area contributed by atoms with Crippen LogP contribution in [0.1, 0.15) is 48.9 Å². The van der Waals surface area contributed by atoms with Crippen molar-refractivity contribution in [3.63, 3.8) is 0 Å². The van der Waals surface area contributed by atoms with Crippen LogP contribution in [0.3, 0.4) is 0 Å². The van der Waals surface area contributed by atoms with Crippen LogP contribution in [-0.4, -0.2) is 30.4 Å². The molecule has 3 heteroatoms. The van der Waals surface area contributed by atoms with E-state index in [4.69, 9.17) is 0 Å². The van der Waals surface area contributed by atoms with Gasteiger partial charge in [-0.05, 0) is 55.5 Å². The maximum Gasteiger partial charge on any atom is 0.220 e. The lowest BCUT2D eigenvalue weighted by Gasteiger charge is -2.28. The molecule has 1 atom stereocenters. The SMILES string of the molecule is CCc1ccc(CCC(=O)NCC(c2ccccc2)N2CCCC2)cc1. The second-order valence-electron chi connectivity index (χ2n) is 7.14. The molecule has 0 radical (unpaired) electrons. The molecule has 1 amide bonds. The number of rotatable bonds is 8. The average molecular weight is 351 g/mol. The number of nitrogens with zero attached hydrogens (tertiary/aromatic N) is 1. The maximum atomic E-state index is 12.4. The molecule has 1 N–H and O–H groups in total. The summed E-state index contributed by atoms with van der Waals surface area (Å²) >= 11 is 0. The van der Waals surface area contributed by atoms with E-state index in [1.54, 1.807) is 0 Å². The first-order valence-corrected chi connectivity index (χ1v) is 9.90. The lowest BCUT2D eigenvalue weighted by atomic mass is 10.0. The summed E-state index contributed by atoms with van der Waals surface area (Å²) in [4.78, 5) is 14.9. The molecular formula is C23H30N2O. The van der Waals surface area contributed by atoms with E-state index >= 15 is 0 Å². The molecule has 1 fully saturated rings. The third-order valence-electron chi connectivity index (χ3n) is 5.33. The summed E-state index contributed by atoms with van der Waals surface area (Å²) < 4.78 is 0. The van der Waals surface area contributed by atoms with E-state index in [9.17, 15) is 4.79 Å². The molecule has 0 aliphatic carbocycles. The summed E-state index contributed by atoms with van der Waals surface area (Å²) in [6.07, 6.45) is 4.91. The quantitative estimate of drug-likeness (QED) is 0.776. The van der Waals surface area contributed by atoms with Crippen molar-refractivity contribution in [2.24, 2.45) is 0 Å². The summed E-state index contributed by atoms with van der Waals surface area (Å²) in [6, 6.07) is 19.4. The summed E-state index contributed by atoms with van der Waals surface area (Å²) in [6.45, 7) is 5.10. The van der Waals surface area contributed by atoms with Crippen molar-refractivity contribution >= 4 is 5.91 Å². The van der Waals surface area contributed by atoms with Crippen molar-refractivity contribution in [3.05, 3.63) is 71.3 Å². The van der Waals surface area contributed by atoms with E-state index in [2.05, 4.69) is 65.7 Å². The highest BCUT2D eigenvalue weighted by atomic mass is 16.1. The first-order valence-electron chi connectivity index (χ1n) is 9.90. The number of likely N-dealkylation sites (tertiary alicyclic amines) is 1. The Morgan fingerprint density at radius 1 is 1.00 bits per heavy atom. The normalized spacial score (nSPS) is 15.7. The van der Waals surface area contributed by atoms with Crippen LogP contribution >= 0.6 is 0 Å². The molecule has 1 aliphatic heterocycles. The summed E-state index contributed by atoms with van der Waals surface area (Å²) in [5, 5.41) is 3.17. The Hall–Kier alpha value is -2.13. The average Bonchev–Trinajstić information content (AvgIpc) is 3.22. The smallest absolute Gasteiger partial charge is 0.220 e. The zero-order chi connectivity index (χ0) is 18.2. The highest BCUT2D eigenvalue weighted by Gasteiger charge is 2.23. The minimum Gasteiger partial charge on any atom is -0.354 e. The number of carbonyl (C=O) groups excluding carboxylic acids is 1. The van der Waals surface area contributed by atoms with Gasteiger partial charge in [0.15, 0.2) is 0 Å². The van der Waals surface area contributed by atoms with Crippen LogP contribution in [0.4, 0.5) is 0 Å². The molecule has 1 unspecified atom stereocenters. The Balaban J connectivity index is 1.52. The van der Waals surface area contributed by atoms with Crippen LogP contribution in [0.15, 0.2) is 54.6 Å². The predicted molar refractivity (Wildman–Crippen MR) is 107 cm³/mol. The van der Waals surface area contributed by atoms with Crippen LogP contribution in [0.5, 0.6) is 0 Å². The minimum atomic E-state index is 0.143. The van der Waals surface area contributed by atoms with E-state index < -0.39 is 0 Å². The summed E-state index contributed by atoms with van der Waals surface area (Å²) in [7, 11) is 0. The van der Waals surface area contributed by atoms with Gasteiger partial charge in [-0.3, -0.25) is 9.69 Å². The molecule has 26 heavy (non-hydrogen) atoms. The second kappa shape index (κ2) is 9.54. The Morgan fingerprint density at radius 2 is 1.65 bits per heavy atom. The van der Waals surface area contributed by atoms with Crippen molar-refractivity contribution in [2.45, 2.75) is 45.1 Å². The zero-order valence-electron chi connectivity index (χ0n) is 15.8. The highest BCUT2D eigenvalue weighted by molar-refractivity contribution is 5.76. The van der Waals surface area contributed by atoms with Gasteiger partial charge >= 0.3 is 0 Å². The lowest BCUT2D eigenvalue weighted by molar-refractivity contribution is -0.121. The number of hydrogen-bond acceptors (Lipinski definition) is 2. The Kier molecular flexibility index (Phi) is 6.84. The van der Waals surface area contributed by atoms with Gasteiger partial charge in [0, 0.05) is 13.0 Å². The van der Waals surface area contributed by atoms with Crippen molar-refractivity contribution in [1.82, 2.24) is 10.2 Å². The Morgan fingerprint density at radius 3 is 2.31 bits per heavy atom. The van der Waals surface area contributed by atoms with Gasteiger partial charge in [-0.1, -0.05) is 61.5 Å². The van der Waals surface area contributed by atoms with Crippen LogP contribution in [0, 0.1) is 0 Å². The third kappa shape index (κ3) is 5.18. The van der Waals surface area contributed by atoms with E-state index in [1.807, 2.05) is 6.07 Å². The standard InChI is InChI=1S/C23H30N2O/c1-2-19-10-12-20(13-11-19)14-15-23(26)24-18-22(25-16-6-7-17-25)21-8-4-3-5-9-21/h3-5,8-13,22H,2,6-7,14-18H2,1H3,(H,24,26). The van der Waals surface area contributed by atoms with Crippen LogP contribution in [-0.2, 0) is 17.6 Å². The molecule has 0 saturated carbocycles. The molecule has 2 aromatic carbocycles. The molecule has 2 aromatic rings. The van der Waals surface area contributed by atoms with E-state index in [1.165, 1.54) is 29.5 Å². The van der Waals surface area contributed by atoms with Gasteiger partial charge in [-0.2, -0.15) is 0 Å². The molecule has 3 rings (SSSR count). The molecule has 1 aliphatic rings. The fraction of sp³-hybridized carbons (Fsp3) is 0.435. The van der Waals surface area contributed by atoms with Crippen molar-refractivity contribution in [2.75, 3.05) is 19.6 Å². The number of amides is 1. The third-order valence-corrected chi connectivity index (χ3v) is 5.33. The van der Waals surface area contributed by atoms with Crippen molar-refractivity contribution < 1.29 is 4.79 Å². The van der Waals surface area contributed by atoms with Gasteiger partial charge in [0.2, 0.25) is 5.91 Å². The number of aryl methyl sites for hydroxylation is 2. The Labute approximate surface area is 157 Å². The summed E-state index contributed by atoms with van der Waals surface area (Å²) in [5.41, 5.74) is 3.87. The van der Waals surface area contributed by atoms with Gasteiger partial charge in [0.05, 0.1) is 6.04 Å². The molecule has 0 spiro atoms. The topological polar surface area (TPSA) is 32.3 Å². The number of nitrogens with one attached hydrogen (secondary N) is 1.